The predicted molar refractivity (Wildman–Crippen MR) is 70.6 cm³/mol. The van der Waals surface area contributed by atoms with Gasteiger partial charge in [-0.2, -0.15) is 0 Å². The van der Waals surface area contributed by atoms with Crippen molar-refractivity contribution in [2.75, 3.05) is 6.61 Å². The highest BCUT2D eigenvalue weighted by molar-refractivity contribution is 7.18. The van der Waals surface area contributed by atoms with Crippen molar-refractivity contribution in [2.24, 2.45) is 0 Å². The number of halogens is 2. The summed E-state index contributed by atoms with van der Waals surface area (Å²) in [4.78, 5) is 12.3. The monoisotopic (exact) mass is 286 g/mol. The van der Waals surface area contributed by atoms with Crippen molar-refractivity contribution in [2.45, 2.75) is 0 Å². The van der Waals surface area contributed by atoms with Crippen LogP contribution >= 0.6 is 34.5 Å². The van der Waals surface area contributed by atoms with Crippen LogP contribution in [0.4, 0.5) is 0 Å². The van der Waals surface area contributed by atoms with E-state index in [9.17, 15) is 4.79 Å². The Bertz CT molecular complexity index is 520. The topological polar surface area (TPSA) is 26.3 Å². The van der Waals surface area contributed by atoms with Crippen molar-refractivity contribution < 1.29 is 9.53 Å². The zero-order valence-corrected chi connectivity index (χ0v) is 11.0. The van der Waals surface area contributed by atoms with E-state index in [4.69, 9.17) is 27.9 Å². The number of rotatable bonds is 4. The van der Waals surface area contributed by atoms with Gasteiger partial charge in [0.1, 0.15) is 5.75 Å². The van der Waals surface area contributed by atoms with Crippen molar-refractivity contribution in [3.63, 3.8) is 0 Å². The third-order valence-corrected chi connectivity index (χ3v) is 3.56. The number of Topliss-reactive ketones (excluding diaryl/α,β-unsaturated/α-hetero) is 1. The van der Waals surface area contributed by atoms with Gasteiger partial charge in [0.2, 0.25) is 5.78 Å². The van der Waals surface area contributed by atoms with Crippen molar-refractivity contribution in [3.05, 3.63) is 50.6 Å². The molecule has 0 N–H and O–H groups in total. The normalized spacial score (nSPS) is 10.2. The Labute approximate surface area is 113 Å². The van der Waals surface area contributed by atoms with E-state index < -0.39 is 0 Å². The second kappa shape index (κ2) is 5.54. The van der Waals surface area contributed by atoms with Gasteiger partial charge in [-0.25, -0.2) is 0 Å². The summed E-state index contributed by atoms with van der Waals surface area (Å²) in [7, 11) is 0. The second-order valence-corrected chi connectivity index (χ2v) is 5.42. The van der Waals surface area contributed by atoms with Gasteiger partial charge >= 0.3 is 0 Å². The van der Waals surface area contributed by atoms with Crippen LogP contribution in [0.2, 0.25) is 9.36 Å². The summed E-state index contributed by atoms with van der Waals surface area (Å²) in [5.41, 5.74) is 0. The molecule has 0 aliphatic heterocycles. The molecule has 88 valence electrons. The Morgan fingerprint density at radius 1 is 1.12 bits per heavy atom. The Hall–Kier alpha value is -1.03. The van der Waals surface area contributed by atoms with Crippen molar-refractivity contribution in [1.29, 1.82) is 0 Å². The molecule has 0 saturated heterocycles. The molecule has 0 saturated carbocycles. The zero-order chi connectivity index (χ0) is 12.3. The van der Waals surface area contributed by atoms with Gasteiger partial charge in [0.25, 0.3) is 0 Å². The van der Waals surface area contributed by atoms with Gasteiger partial charge < -0.3 is 4.74 Å². The lowest BCUT2D eigenvalue weighted by molar-refractivity contribution is 0.0925. The summed E-state index contributed by atoms with van der Waals surface area (Å²) >= 11 is 12.7. The van der Waals surface area contributed by atoms with Crippen LogP contribution in [0.5, 0.6) is 5.75 Å². The fourth-order valence-corrected chi connectivity index (χ4v) is 2.31. The molecule has 5 heteroatoms. The molecule has 1 aromatic carbocycles. The van der Waals surface area contributed by atoms with E-state index in [1.165, 1.54) is 11.3 Å². The maximum Gasteiger partial charge on any atom is 0.210 e. The Kier molecular flexibility index (Phi) is 4.05. The molecule has 0 amide bonds. The molecule has 0 unspecified atom stereocenters. The number of hydrogen-bond donors (Lipinski definition) is 0. The molecular weight excluding hydrogens is 279 g/mol. The lowest BCUT2D eigenvalue weighted by Crippen LogP contribution is -2.09. The highest BCUT2D eigenvalue weighted by atomic mass is 35.5. The Balaban J connectivity index is 1.94. The smallest absolute Gasteiger partial charge is 0.210 e. The molecule has 0 radical (unpaired) electrons. The number of carbonyl (C=O) groups excluding carboxylic acids is 1. The fraction of sp³-hybridized carbons (Fsp3) is 0.0833. The van der Waals surface area contributed by atoms with E-state index >= 15 is 0 Å². The van der Waals surface area contributed by atoms with Crippen LogP contribution in [-0.4, -0.2) is 12.4 Å². The lowest BCUT2D eigenvalue weighted by atomic mass is 10.3. The van der Waals surface area contributed by atoms with Gasteiger partial charge in [-0.3, -0.25) is 4.79 Å². The van der Waals surface area contributed by atoms with Crippen LogP contribution in [0.25, 0.3) is 0 Å². The Morgan fingerprint density at radius 3 is 2.41 bits per heavy atom. The van der Waals surface area contributed by atoms with Gasteiger partial charge in [-0.15, -0.1) is 11.3 Å². The van der Waals surface area contributed by atoms with Crippen LogP contribution in [-0.2, 0) is 0 Å². The molecule has 2 aromatic rings. The van der Waals surface area contributed by atoms with E-state index in [-0.39, 0.29) is 12.4 Å². The standard InChI is InChI=1S/C12H8Cl2O2S/c13-8-1-3-9(4-2-8)16-7-10(15)11-5-6-12(14)17-11/h1-6H,7H2. The number of carbonyl (C=O) groups is 1. The summed E-state index contributed by atoms with van der Waals surface area (Å²) < 4.78 is 5.94. The number of hydrogen-bond acceptors (Lipinski definition) is 3. The summed E-state index contributed by atoms with van der Waals surface area (Å²) in [5.74, 6) is 0.530. The van der Waals surface area contributed by atoms with E-state index in [0.29, 0.717) is 20.0 Å². The van der Waals surface area contributed by atoms with Crippen LogP contribution < -0.4 is 4.74 Å². The summed E-state index contributed by atoms with van der Waals surface area (Å²) in [5, 5.41) is 0.633. The molecule has 0 bridgehead atoms. The average Bonchev–Trinajstić information content (AvgIpc) is 2.75. The SMILES string of the molecule is O=C(COc1ccc(Cl)cc1)c1ccc(Cl)s1. The Morgan fingerprint density at radius 2 is 1.82 bits per heavy atom. The van der Waals surface area contributed by atoms with Gasteiger partial charge in [0.05, 0.1) is 9.21 Å². The first kappa shape index (κ1) is 12.4. The minimum Gasteiger partial charge on any atom is -0.485 e. The van der Waals surface area contributed by atoms with E-state index in [1.54, 1.807) is 36.4 Å². The van der Waals surface area contributed by atoms with Gasteiger partial charge in [0, 0.05) is 5.02 Å². The van der Waals surface area contributed by atoms with Crippen LogP contribution in [0, 0.1) is 0 Å². The van der Waals surface area contributed by atoms with E-state index in [0.717, 1.165) is 0 Å². The first-order chi connectivity index (χ1) is 8.15. The van der Waals surface area contributed by atoms with Crippen molar-refractivity contribution in [1.82, 2.24) is 0 Å². The van der Waals surface area contributed by atoms with Crippen LogP contribution in [0.15, 0.2) is 36.4 Å². The first-order valence-corrected chi connectivity index (χ1v) is 6.39. The molecule has 0 fully saturated rings. The number of thiophene rings is 1. The quantitative estimate of drug-likeness (QED) is 0.783. The molecule has 0 aliphatic carbocycles. The first-order valence-electron chi connectivity index (χ1n) is 4.82. The molecule has 0 aliphatic rings. The molecule has 0 spiro atoms. The third kappa shape index (κ3) is 3.46. The molecule has 2 rings (SSSR count). The van der Waals surface area contributed by atoms with Crippen LogP contribution in [0.3, 0.4) is 0 Å². The molecule has 2 nitrogen and oxygen atoms in total. The molecule has 17 heavy (non-hydrogen) atoms. The predicted octanol–water partition coefficient (Wildman–Crippen LogP) is 4.32. The zero-order valence-electron chi connectivity index (χ0n) is 8.65. The van der Waals surface area contributed by atoms with Gasteiger partial charge in [-0.1, -0.05) is 23.2 Å². The molecule has 1 aromatic heterocycles. The largest absolute Gasteiger partial charge is 0.485 e. The summed E-state index contributed by atoms with van der Waals surface area (Å²) in [6, 6.07) is 10.3. The van der Waals surface area contributed by atoms with Crippen molar-refractivity contribution >= 4 is 40.3 Å². The molecule has 0 atom stereocenters. The number of ketones is 1. The fourth-order valence-electron chi connectivity index (χ4n) is 1.21. The average molecular weight is 287 g/mol. The maximum absolute atomic E-state index is 11.7. The van der Waals surface area contributed by atoms with E-state index in [1.807, 2.05) is 0 Å². The van der Waals surface area contributed by atoms with Gasteiger partial charge in [-0.05, 0) is 36.4 Å². The maximum atomic E-state index is 11.7. The van der Waals surface area contributed by atoms with Crippen LogP contribution in [0.1, 0.15) is 9.67 Å². The number of benzene rings is 1. The van der Waals surface area contributed by atoms with E-state index in [2.05, 4.69) is 0 Å². The minimum absolute atomic E-state index is 0.00151. The third-order valence-electron chi connectivity index (χ3n) is 2.03. The second-order valence-electron chi connectivity index (χ2n) is 3.27. The minimum atomic E-state index is -0.0862. The highest BCUT2D eigenvalue weighted by Crippen LogP contribution is 2.22. The molecular formula is C12H8Cl2O2S. The van der Waals surface area contributed by atoms with Gasteiger partial charge in [0.15, 0.2) is 6.61 Å². The summed E-state index contributed by atoms with van der Waals surface area (Å²) in [6.45, 7) is -0.00151. The van der Waals surface area contributed by atoms with Crippen molar-refractivity contribution in [3.8, 4) is 5.75 Å². The number of ether oxygens (including phenoxy) is 1. The molecule has 1 heterocycles. The lowest BCUT2D eigenvalue weighted by Gasteiger charge is -2.04. The summed E-state index contributed by atoms with van der Waals surface area (Å²) in [6.07, 6.45) is 0. The highest BCUT2D eigenvalue weighted by Gasteiger charge is 2.09.